The zero-order valence-corrected chi connectivity index (χ0v) is 10.7. The van der Waals surface area contributed by atoms with Crippen LogP contribution in [0.25, 0.3) is 6.08 Å². The Balaban J connectivity index is 2.47. The summed E-state index contributed by atoms with van der Waals surface area (Å²) in [6, 6.07) is 9.59. The Labute approximate surface area is 108 Å². The molecule has 18 heavy (non-hydrogen) atoms. The number of benzene rings is 1. The van der Waals surface area contributed by atoms with Crippen LogP contribution in [0.2, 0.25) is 0 Å². The molecule has 0 radical (unpaired) electrons. The molecular formula is C14H20N2O2. The standard InChI is InChI=1S/C14H20N2O2/c1-2-3-7-12-15-14(16(17)18)11-10-13-8-5-4-6-9-13/h4-6,8-11,14-15H,2-3,7,12H2,1H3. The molecule has 1 aromatic carbocycles. The van der Waals surface area contributed by atoms with Crippen LogP contribution in [-0.2, 0) is 0 Å². The molecule has 0 saturated heterocycles. The van der Waals surface area contributed by atoms with E-state index in [9.17, 15) is 10.1 Å². The normalized spacial score (nSPS) is 12.7. The van der Waals surface area contributed by atoms with E-state index < -0.39 is 6.17 Å². The molecule has 98 valence electrons. The van der Waals surface area contributed by atoms with Gasteiger partial charge < -0.3 is 0 Å². The van der Waals surface area contributed by atoms with E-state index in [2.05, 4.69) is 12.2 Å². The first-order valence-electron chi connectivity index (χ1n) is 6.34. The zero-order chi connectivity index (χ0) is 13.2. The monoisotopic (exact) mass is 248 g/mol. The minimum Gasteiger partial charge on any atom is -0.262 e. The Morgan fingerprint density at radius 2 is 2.06 bits per heavy atom. The molecule has 1 rings (SSSR count). The molecule has 0 aromatic heterocycles. The quantitative estimate of drug-likeness (QED) is 0.333. The van der Waals surface area contributed by atoms with Gasteiger partial charge in [0.1, 0.15) is 0 Å². The summed E-state index contributed by atoms with van der Waals surface area (Å²) in [6.45, 7) is 2.79. The second-order valence-electron chi connectivity index (χ2n) is 4.16. The van der Waals surface area contributed by atoms with Gasteiger partial charge in [0.15, 0.2) is 0 Å². The highest BCUT2D eigenvalue weighted by Gasteiger charge is 2.13. The van der Waals surface area contributed by atoms with Crippen LogP contribution in [0.5, 0.6) is 0 Å². The van der Waals surface area contributed by atoms with Crippen molar-refractivity contribution in [1.82, 2.24) is 5.32 Å². The third-order valence-electron chi connectivity index (χ3n) is 2.63. The fraction of sp³-hybridized carbons (Fsp3) is 0.429. The fourth-order valence-corrected chi connectivity index (χ4v) is 1.60. The maximum atomic E-state index is 10.9. The summed E-state index contributed by atoms with van der Waals surface area (Å²) >= 11 is 0. The van der Waals surface area contributed by atoms with Gasteiger partial charge in [-0.15, -0.1) is 0 Å². The molecule has 0 saturated carbocycles. The minimum atomic E-state index is -0.804. The molecule has 0 aliphatic rings. The average molecular weight is 248 g/mol. The summed E-state index contributed by atoms with van der Waals surface area (Å²) in [5.41, 5.74) is 0.972. The van der Waals surface area contributed by atoms with Gasteiger partial charge in [-0.05, 0) is 12.0 Å². The largest absolute Gasteiger partial charge is 0.285 e. The van der Waals surface area contributed by atoms with Gasteiger partial charge in [0.2, 0.25) is 0 Å². The van der Waals surface area contributed by atoms with Crippen LogP contribution in [-0.4, -0.2) is 17.6 Å². The molecule has 0 fully saturated rings. The van der Waals surface area contributed by atoms with E-state index in [0.717, 1.165) is 24.8 Å². The lowest BCUT2D eigenvalue weighted by Gasteiger charge is -2.07. The highest BCUT2D eigenvalue weighted by Crippen LogP contribution is 2.03. The summed E-state index contributed by atoms with van der Waals surface area (Å²) < 4.78 is 0. The van der Waals surface area contributed by atoms with Crippen molar-refractivity contribution >= 4 is 6.08 Å². The predicted molar refractivity (Wildman–Crippen MR) is 73.8 cm³/mol. The molecule has 1 unspecified atom stereocenters. The average Bonchev–Trinajstić information content (AvgIpc) is 2.38. The van der Waals surface area contributed by atoms with Gasteiger partial charge in [-0.3, -0.25) is 15.4 Å². The highest BCUT2D eigenvalue weighted by atomic mass is 16.6. The Morgan fingerprint density at radius 1 is 1.33 bits per heavy atom. The summed E-state index contributed by atoms with van der Waals surface area (Å²) in [6.07, 6.45) is 5.76. The number of hydrogen-bond donors (Lipinski definition) is 1. The lowest BCUT2D eigenvalue weighted by molar-refractivity contribution is -0.515. The smallest absolute Gasteiger partial charge is 0.262 e. The second-order valence-corrected chi connectivity index (χ2v) is 4.16. The van der Waals surface area contributed by atoms with E-state index >= 15 is 0 Å². The minimum absolute atomic E-state index is 0.300. The SMILES string of the molecule is CCCCCNC(C=Cc1ccccc1)[N+](=O)[O-]. The van der Waals surface area contributed by atoms with E-state index in [0.29, 0.717) is 6.54 Å². The van der Waals surface area contributed by atoms with Crippen molar-refractivity contribution in [3.8, 4) is 0 Å². The summed E-state index contributed by atoms with van der Waals surface area (Å²) in [5, 5.41) is 13.8. The molecule has 4 heteroatoms. The van der Waals surface area contributed by atoms with Crippen molar-refractivity contribution in [2.75, 3.05) is 6.54 Å². The third kappa shape index (κ3) is 5.59. The van der Waals surface area contributed by atoms with Crippen LogP contribution < -0.4 is 5.32 Å². The lowest BCUT2D eigenvalue weighted by atomic mass is 10.2. The van der Waals surface area contributed by atoms with Crippen molar-refractivity contribution in [3.05, 3.63) is 52.1 Å². The number of rotatable bonds is 8. The van der Waals surface area contributed by atoms with Gasteiger partial charge >= 0.3 is 0 Å². The maximum Gasteiger partial charge on any atom is 0.285 e. The number of hydrogen-bond acceptors (Lipinski definition) is 3. The molecule has 1 N–H and O–H groups in total. The molecule has 1 aromatic rings. The van der Waals surface area contributed by atoms with Crippen molar-refractivity contribution in [3.63, 3.8) is 0 Å². The summed E-state index contributed by atoms with van der Waals surface area (Å²) in [5.74, 6) is 0. The summed E-state index contributed by atoms with van der Waals surface area (Å²) in [7, 11) is 0. The van der Waals surface area contributed by atoms with Crippen molar-refractivity contribution in [1.29, 1.82) is 0 Å². The van der Waals surface area contributed by atoms with Gasteiger partial charge in [-0.25, -0.2) is 0 Å². The van der Waals surface area contributed by atoms with Crippen molar-refractivity contribution < 1.29 is 4.92 Å². The fourth-order valence-electron chi connectivity index (χ4n) is 1.60. The maximum absolute atomic E-state index is 10.9. The summed E-state index contributed by atoms with van der Waals surface area (Å²) in [4.78, 5) is 10.6. The van der Waals surface area contributed by atoms with Gasteiger partial charge in [0, 0.05) is 17.5 Å². The molecule has 0 aliphatic carbocycles. The van der Waals surface area contributed by atoms with Crippen LogP contribution in [0.15, 0.2) is 36.4 Å². The molecule has 4 nitrogen and oxygen atoms in total. The Morgan fingerprint density at radius 3 is 2.67 bits per heavy atom. The molecule has 0 amide bonds. The Hall–Kier alpha value is -1.68. The Bertz CT molecular complexity index is 377. The van der Waals surface area contributed by atoms with Crippen LogP contribution in [0.4, 0.5) is 0 Å². The lowest BCUT2D eigenvalue weighted by Crippen LogP contribution is -2.35. The first kappa shape index (κ1) is 14.4. The van der Waals surface area contributed by atoms with Gasteiger partial charge in [0.25, 0.3) is 6.17 Å². The molecule has 1 atom stereocenters. The second kappa shape index (κ2) is 8.42. The molecule has 0 heterocycles. The van der Waals surface area contributed by atoms with Gasteiger partial charge in [0.05, 0.1) is 0 Å². The van der Waals surface area contributed by atoms with Crippen LogP contribution in [0.1, 0.15) is 31.7 Å². The predicted octanol–water partition coefficient (Wildman–Crippen LogP) is 3.08. The number of nitro groups is 1. The van der Waals surface area contributed by atoms with E-state index in [4.69, 9.17) is 0 Å². The van der Waals surface area contributed by atoms with E-state index in [1.165, 1.54) is 0 Å². The number of nitrogens with zero attached hydrogens (tertiary/aromatic N) is 1. The Kier molecular flexibility index (Phi) is 6.72. The first-order valence-corrected chi connectivity index (χ1v) is 6.34. The van der Waals surface area contributed by atoms with E-state index in [1.54, 1.807) is 12.2 Å². The zero-order valence-electron chi connectivity index (χ0n) is 10.7. The van der Waals surface area contributed by atoms with Crippen molar-refractivity contribution in [2.45, 2.75) is 32.4 Å². The first-order chi connectivity index (χ1) is 8.74. The molecule has 0 spiro atoms. The number of unbranched alkanes of at least 4 members (excludes halogenated alkanes) is 2. The van der Waals surface area contributed by atoms with Crippen LogP contribution >= 0.6 is 0 Å². The topological polar surface area (TPSA) is 55.2 Å². The third-order valence-corrected chi connectivity index (χ3v) is 2.63. The molecular weight excluding hydrogens is 228 g/mol. The van der Waals surface area contributed by atoms with Crippen LogP contribution in [0, 0.1) is 10.1 Å². The highest BCUT2D eigenvalue weighted by molar-refractivity contribution is 5.49. The van der Waals surface area contributed by atoms with Crippen LogP contribution in [0.3, 0.4) is 0 Å². The van der Waals surface area contributed by atoms with E-state index in [1.807, 2.05) is 30.3 Å². The van der Waals surface area contributed by atoms with Crippen molar-refractivity contribution in [2.24, 2.45) is 0 Å². The van der Waals surface area contributed by atoms with E-state index in [-0.39, 0.29) is 4.92 Å². The molecule has 0 bridgehead atoms. The molecule has 0 aliphatic heterocycles. The number of nitrogens with one attached hydrogen (secondary N) is 1. The van der Waals surface area contributed by atoms with Gasteiger partial charge in [-0.1, -0.05) is 56.2 Å². The van der Waals surface area contributed by atoms with Gasteiger partial charge in [-0.2, -0.15) is 0 Å².